The fraction of sp³-hybridized carbons (Fsp3) is 0.462. The number of hydrogen-bond donors (Lipinski definition) is 2. The van der Waals surface area contributed by atoms with E-state index >= 15 is 0 Å². The van der Waals surface area contributed by atoms with E-state index in [1.807, 2.05) is 13.8 Å². The van der Waals surface area contributed by atoms with E-state index in [0.717, 1.165) is 0 Å². The zero-order valence-electron chi connectivity index (χ0n) is 11.0. The Hall–Kier alpha value is -1.40. The third-order valence-corrected chi connectivity index (χ3v) is 4.01. The van der Waals surface area contributed by atoms with Gasteiger partial charge in [0.15, 0.2) is 0 Å². The van der Waals surface area contributed by atoms with Crippen LogP contribution in [-0.4, -0.2) is 25.2 Å². The second kappa shape index (κ2) is 6.68. The van der Waals surface area contributed by atoms with Gasteiger partial charge in [0.2, 0.25) is 10.0 Å². The summed E-state index contributed by atoms with van der Waals surface area (Å²) in [4.78, 5) is 11.2. The molecule has 0 amide bonds. The fourth-order valence-corrected chi connectivity index (χ4v) is 3.03. The van der Waals surface area contributed by atoms with Crippen LogP contribution in [0, 0.1) is 5.92 Å². The van der Waals surface area contributed by atoms with Gasteiger partial charge in [-0.25, -0.2) is 8.42 Å². The van der Waals surface area contributed by atoms with Crippen LogP contribution in [-0.2, 0) is 14.8 Å². The molecule has 0 aliphatic rings. The Morgan fingerprint density at radius 3 is 2.32 bits per heavy atom. The molecular formula is C13H19NO4S. The number of sulfonamides is 1. The average Bonchev–Trinajstić information content (AvgIpc) is 2.35. The average molecular weight is 285 g/mol. The van der Waals surface area contributed by atoms with Crippen molar-refractivity contribution in [1.29, 1.82) is 0 Å². The van der Waals surface area contributed by atoms with Crippen LogP contribution in [0.3, 0.4) is 0 Å². The summed E-state index contributed by atoms with van der Waals surface area (Å²) in [6.07, 6.45) is 0.496. The summed E-state index contributed by atoms with van der Waals surface area (Å²) in [5, 5.41) is 9.14. The van der Waals surface area contributed by atoms with Crippen molar-refractivity contribution in [2.24, 2.45) is 5.92 Å². The molecule has 106 valence electrons. The molecule has 2 N–H and O–H groups in total. The maximum Gasteiger partial charge on any atom is 0.326 e. The number of carbonyl (C=O) groups is 1. The van der Waals surface area contributed by atoms with E-state index in [1.165, 1.54) is 0 Å². The monoisotopic (exact) mass is 285 g/mol. The number of benzene rings is 1. The number of carboxylic acids is 1. The highest BCUT2D eigenvalue weighted by Crippen LogP contribution is 2.14. The lowest BCUT2D eigenvalue weighted by atomic mass is 10.1. The van der Waals surface area contributed by atoms with Crippen LogP contribution in [0.4, 0.5) is 0 Å². The number of rotatable bonds is 7. The summed E-state index contributed by atoms with van der Waals surface area (Å²) in [6, 6.07) is 7.03. The van der Waals surface area contributed by atoms with Gasteiger partial charge in [-0.2, -0.15) is 4.72 Å². The van der Waals surface area contributed by atoms with Crippen LogP contribution in [0.5, 0.6) is 0 Å². The minimum Gasteiger partial charge on any atom is -0.480 e. The van der Waals surface area contributed by atoms with E-state index in [2.05, 4.69) is 4.72 Å². The van der Waals surface area contributed by atoms with Crippen molar-refractivity contribution in [3.05, 3.63) is 35.9 Å². The molecule has 1 aromatic carbocycles. The molecule has 19 heavy (non-hydrogen) atoms. The van der Waals surface area contributed by atoms with Crippen LogP contribution in [0.1, 0.15) is 31.9 Å². The van der Waals surface area contributed by atoms with E-state index < -0.39 is 22.0 Å². The summed E-state index contributed by atoms with van der Waals surface area (Å²) >= 11 is 0. The van der Waals surface area contributed by atoms with Gasteiger partial charge in [-0.1, -0.05) is 44.2 Å². The first kappa shape index (κ1) is 15.7. The smallest absolute Gasteiger partial charge is 0.326 e. The Kier molecular flexibility index (Phi) is 5.50. The molecule has 0 spiro atoms. The van der Waals surface area contributed by atoms with E-state index in [1.54, 1.807) is 30.3 Å². The number of aliphatic carboxylic acids is 1. The second-order valence-electron chi connectivity index (χ2n) is 4.80. The van der Waals surface area contributed by atoms with Gasteiger partial charge >= 0.3 is 5.97 Å². The minimum atomic E-state index is -3.60. The SMILES string of the molecule is CC(C)CCS(=O)(=O)N[C@H](C(=O)O)c1ccccc1. The van der Waals surface area contributed by atoms with Gasteiger partial charge in [-0.05, 0) is 17.9 Å². The highest BCUT2D eigenvalue weighted by Gasteiger charge is 2.25. The molecule has 0 aliphatic carbocycles. The first-order valence-electron chi connectivity index (χ1n) is 6.09. The zero-order valence-corrected chi connectivity index (χ0v) is 11.9. The molecule has 0 saturated carbocycles. The van der Waals surface area contributed by atoms with Crippen LogP contribution < -0.4 is 4.72 Å². The molecule has 0 aliphatic heterocycles. The first-order chi connectivity index (χ1) is 8.82. The third kappa shape index (κ3) is 5.40. The highest BCUT2D eigenvalue weighted by molar-refractivity contribution is 7.89. The largest absolute Gasteiger partial charge is 0.480 e. The minimum absolute atomic E-state index is 0.0682. The standard InChI is InChI=1S/C13H19NO4S/c1-10(2)8-9-19(17,18)14-12(13(15)16)11-6-4-3-5-7-11/h3-7,10,12,14H,8-9H2,1-2H3,(H,15,16)/t12-/m0/s1. The Morgan fingerprint density at radius 2 is 1.84 bits per heavy atom. The molecule has 0 heterocycles. The highest BCUT2D eigenvalue weighted by atomic mass is 32.2. The van der Waals surface area contributed by atoms with Gasteiger partial charge in [-0.15, -0.1) is 0 Å². The van der Waals surface area contributed by atoms with Crippen molar-refractivity contribution in [3.63, 3.8) is 0 Å². The van der Waals surface area contributed by atoms with Crippen LogP contribution in [0.15, 0.2) is 30.3 Å². The van der Waals surface area contributed by atoms with Gasteiger partial charge in [0, 0.05) is 0 Å². The van der Waals surface area contributed by atoms with Crippen LogP contribution >= 0.6 is 0 Å². The third-order valence-electron chi connectivity index (χ3n) is 2.64. The van der Waals surface area contributed by atoms with Crippen molar-refractivity contribution in [2.45, 2.75) is 26.3 Å². The first-order valence-corrected chi connectivity index (χ1v) is 7.75. The molecule has 1 atom stereocenters. The fourth-order valence-electron chi connectivity index (χ4n) is 1.54. The molecule has 0 fully saturated rings. The summed E-state index contributed by atoms with van der Waals surface area (Å²) in [5.41, 5.74) is 0.420. The normalized spacial score (nSPS) is 13.4. The quantitative estimate of drug-likeness (QED) is 0.800. The molecule has 0 aromatic heterocycles. The van der Waals surface area contributed by atoms with E-state index in [-0.39, 0.29) is 11.7 Å². The molecule has 1 aromatic rings. The van der Waals surface area contributed by atoms with Crippen molar-refractivity contribution in [2.75, 3.05) is 5.75 Å². The van der Waals surface area contributed by atoms with Crippen LogP contribution in [0.2, 0.25) is 0 Å². The predicted octanol–water partition coefficient (Wildman–Crippen LogP) is 1.78. The van der Waals surface area contributed by atoms with E-state index in [9.17, 15) is 13.2 Å². The zero-order chi connectivity index (χ0) is 14.5. The number of carboxylic acid groups (broad SMARTS) is 1. The number of hydrogen-bond acceptors (Lipinski definition) is 3. The van der Waals surface area contributed by atoms with Crippen molar-refractivity contribution >= 4 is 16.0 Å². The second-order valence-corrected chi connectivity index (χ2v) is 6.67. The molecular weight excluding hydrogens is 266 g/mol. The van der Waals surface area contributed by atoms with Crippen molar-refractivity contribution < 1.29 is 18.3 Å². The Labute approximate surface area is 113 Å². The summed E-state index contributed by atoms with van der Waals surface area (Å²) in [6.45, 7) is 3.84. The lowest BCUT2D eigenvalue weighted by molar-refractivity contribution is -0.139. The Bertz CT molecular complexity index is 511. The van der Waals surface area contributed by atoms with Gasteiger partial charge in [-0.3, -0.25) is 4.79 Å². The summed E-state index contributed by atoms with van der Waals surface area (Å²) in [5.74, 6) is -1.03. The van der Waals surface area contributed by atoms with Crippen molar-refractivity contribution in [1.82, 2.24) is 4.72 Å². The van der Waals surface area contributed by atoms with Gasteiger partial charge in [0.25, 0.3) is 0 Å². The van der Waals surface area contributed by atoms with Gasteiger partial charge < -0.3 is 5.11 Å². The summed E-state index contributed by atoms with van der Waals surface area (Å²) < 4.78 is 25.9. The predicted molar refractivity (Wildman–Crippen MR) is 73.2 cm³/mol. The molecule has 6 heteroatoms. The lowest BCUT2D eigenvalue weighted by Crippen LogP contribution is -2.35. The molecule has 0 bridgehead atoms. The molecule has 0 unspecified atom stereocenters. The van der Waals surface area contributed by atoms with Crippen LogP contribution in [0.25, 0.3) is 0 Å². The molecule has 0 saturated heterocycles. The van der Waals surface area contributed by atoms with Gasteiger partial charge in [0.05, 0.1) is 5.75 Å². The Morgan fingerprint density at radius 1 is 1.26 bits per heavy atom. The molecule has 1 rings (SSSR count). The molecule has 5 nitrogen and oxygen atoms in total. The topological polar surface area (TPSA) is 83.5 Å². The Balaban J connectivity index is 2.83. The van der Waals surface area contributed by atoms with Crippen molar-refractivity contribution in [3.8, 4) is 0 Å². The lowest BCUT2D eigenvalue weighted by Gasteiger charge is -2.15. The maximum atomic E-state index is 11.8. The van der Waals surface area contributed by atoms with E-state index in [0.29, 0.717) is 12.0 Å². The van der Waals surface area contributed by atoms with E-state index in [4.69, 9.17) is 5.11 Å². The number of nitrogens with one attached hydrogen (secondary N) is 1. The maximum absolute atomic E-state index is 11.8. The molecule has 0 radical (unpaired) electrons. The summed E-state index contributed by atoms with van der Waals surface area (Å²) in [7, 11) is -3.60. The van der Waals surface area contributed by atoms with Gasteiger partial charge in [0.1, 0.15) is 6.04 Å².